The van der Waals surface area contributed by atoms with Crippen LogP contribution in [0.3, 0.4) is 0 Å². The Hall–Kier alpha value is -1.71. The zero-order valence-electron chi connectivity index (χ0n) is 11.1. The molecule has 3 rings (SSSR count). The first kappa shape index (κ1) is 12.3. The maximum Gasteiger partial charge on any atom is 0.304 e. The van der Waals surface area contributed by atoms with E-state index in [1.54, 1.807) is 0 Å². The number of hydrogen-bond acceptors (Lipinski definition) is 3. The second-order valence-corrected chi connectivity index (χ2v) is 5.52. The third kappa shape index (κ3) is 2.27. The molecule has 19 heavy (non-hydrogen) atoms. The molecule has 1 aromatic carbocycles. The van der Waals surface area contributed by atoms with E-state index in [4.69, 9.17) is 14.6 Å². The van der Waals surface area contributed by atoms with Gasteiger partial charge in [0.15, 0.2) is 11.5 Å². The lowest BCUT2D eigenvalue weighted by atomic mass is 9.88. The van der Waals surface area contributed by atoms with Crippen LogP contribution < -0.4 is 9.47 Å². The Morgan fingerprint density at radius 2 is 1.89 bits per heavy atom. The molecule has 0 bridgehead atoms. The Labute approximate surface area is 112 Å². The summed E-state index contributed by atoms with van der Waals surface area (Å²) < 4.78 is 11.4. The van der Waals surface area contributed by atoms with E-state index in [9.17, 15) is 4.79 Å². The Morgan fingerprint density at radius 1 is 1.26 bits per heavy atom. The minimum Gasteiger partial charge on any atom is -0.490 e. The van der Waals surface area contributed by atoms with Gasteiger partial charge in [-0.25, -0.2) is 0 Å². The molecule has 0 radical (unpaired) electrons. The topological polar surface area (TPSA) is 55.8 Å². The van der Waals surface area contributed by atoms with Crippen LogP contribution in [0.15, 0.2) is 12.1 Å². The lowest BCUT2D eigenvalue weighted by Gasteiger charge is -2.19. The maximum atomic E-state index is 11.0. The fraction of sp³-hybridized carbons (Fsp3) is 0.533. The number of ether oxygens (including phenoxy) is 2. The molecule has 2 aliphatic rings. The normalized spacial score (nSPS) is 19.6. The van der Waals surface area contributed by atoms with Crippen LogP contribution in [-0.4, -0.2) is 24.3 Å². The van der Waals surface area contributed by atoms with Gasteiger partial charge < -0.3 is 14.6 Å². The smallest absolute Gasteiger partial charge is 0.304 e. The molecular formula is C15H18O4. The second-order valence-electron chi connectivity index (χ2n) is 5.52. The fourth-order valence-electron chi connectivity index (χ4n) is 2.86. The molecule has 1 aliphatic carbocycles. The first-order valence-corrected chi connectivity index (χ1v) is 6.73. The number of benzene rings is 1. The molecule has 1 N–H and O–H groups in total. The van der Waals surface area contributed by atoms with E-state index in [1.807, 2.05) is 19.1 Å². The van der Waals surface area contributed by atoms with Gasteiger partial charge in [-0.15, -0.1) is 0 Å². The standard InChI is InChI=1S/C15H18O4/c1-10-7-12-13(19-6-2-5-18-12)8-11(10)15(3-4-15)9-14(16)17/h7-8H,2-6,9H2,1H3,(H,16,17). The molecule has 1 aliphatic heterocycles. The van der Waals surface area contributed by atoms with Crippen molar-refractivity contribution in [2.24, 2.45) is 0 Å². The zero-order valence-corrected chi connectivity index (χ0v) is 11.1. The summed E-state index contributed by atoms with van der Waals surface area (Å²) in [6.45, 7) is 3.35. The van der Waals surface area contributed by atoms with Gasteiger partial charge in [0.2, 0.25) is 0 Å². The molecule has 1 heterocycles. The van der Waals surface area contributed by atoms with Crippen LogP contribution >= 0.6 is 0 Å². The predicted octanol–water partition coefficient (Wildman–Crippen LogP) is 2.66. The Kier molecular flexibility index (Phi) is 2.88. The van der Waals surface area contributed by atoms with Gasteiger partial charge in [-0.3, -0.25) is 4.79 Å². The number of aliphatic carboxylic acids is 1. The summed E-state index contributed by atoms with van der Waals surface area (Å²) in [7, 11) is 0. The average Bonchev–Trinajstić information content (AvgIpc) is 3.12. The molecule has 4 heteroatoms. The van der Waals surface area contributed by atoms with Gasteiger partial charge in [-0.1, -0.05) is 0 Å². The van der Waals surface area contributed by atoms with Crippen molar-refractivity contribution in [3.05, 3.63) is 23.3 Å². The molecular weight excluding hydrogens is 244 g/mol. The molecule has 4 nitrogen and oxygen atoms in total. The fourth-order valence-corrected chi connectivity index (χ4v) is 2.86. The molecule has 0 unspecified atom stereocenters. The van der Waals surface area contributed by atoms with E-state index in [0.717, 1.165) is 41.9 Å². The lowest BCUT2D eigenvalue weighted by Crippen LogP contribution is -2.14. The Balaban J connectivity index is 1.98. The summed E-state index contributed by atoms with van der Waals surface area (Å²) in [6, 6.07) is 3.98. The van der Waals surface area contributed by atoms with E-state index in [0.29, 0.717) is 13.2 Å². The van der Waals surface area contributed by atoms with Crippen LogP contribution in [0.1, 0.15) is 36.8 Å². The first-order chi connectivity index (χ1) is 9.11. The number of carbonyl (C=O) groups is 1. The maximum absolute atomic E-state index is 11.0. The van der Waals surface area contributed by atoms with Gasteiger partial charge >= 0.3 is 5.97 Å². The van der Waals surface area contributed by atoms with Gasteiger partial charge in [0.25, 0.3) is 0 Å². The quantitative estimate of drug-likeness (QED) is 0.909. The summed E-state index contributed by atoms with van der Waals surface area (Å²) in [5, 5.41) is 9.07. The van der Waals surface area contributed by atoms with Gasteiger partial charge in [0, 0.05) is 11.8 Å². The molecule has 0 saturated heterocycles. The van der Waals surface area contributed by atoms with Crippen molar-refractivity contribution in [1.29, 1.82) is 0 Å². The molecule has 0 amide bonds. The van der Waals surface area contributed by atoms with E-state index >= 15 is 0 Å². The molecule has 0 atom stereocenters. The summed E-state index contributed by atoms with van der Waals surface area (Å²) in [6.07, 6.45) is 2.97. The van der Waals surface area contributed by atoms with Gasteiger partial charge in [0.05, 0.1) is 19.6 Å². The molecule has 1 saturated carbocycles. The van der Waals surface area contributed by atoms with Crippen molar-refractivity contribution in [2.45, 2.75) is 38.0 Å². The van der Waals surface area contributed by atoms with Gasteiger partial charge in [-0.2, -0.15) is 0 Å². The summed E-state index contributed by atoms with van der Waals surface area (Å²) in [5.41, 5.74) is 2.03. The highest BCUT2D eigenvalue weighted by molar-refractivity contribution is 5.70. The number of aryl methyl sites for hydroxylation is 1. The minimum absolute atomic E-state index is 0.180. The van der Waals surface area contributed by atoms with E-state index < -0.39 is 5.97 Å². The van der Waals surface area contributed by atoms with Crippen LogP contribution in [0.25, 0.3) is 0 Å². The average molecular weight is 262 g/mol. The molecule has 1 fully saturated rings. The lowest BCUT2D eigenvalue weighted by molar-refractivity contribution is -0.137. The van der Waals surface area contributed by atoms with Crippen molar-refractivity contribution in [1.82, 2.24) is 0 Å². The Morgan fingerprint density at radius 3 is 2.47 bits per heavy atom. The second kappa shape index (κ2) is 4.44. The molecule has 0 spiro atoms. The van der Waals surface area contributed by atoms with Crippen LogP contribution in [-0.2, 0) is 10.2 Å². The van der Waals surface area contributed by atoms with E-state index in [2.05, 4.69) is 0 Å². The monoisotopic (exact) mass is 262 g/mol. The predicted molar refractivity (Wildman–Crippen MR) is 70.0 cm³/mol. The zero-order chi connectivity index (χ0) is 13.5. The third-order valence-corrected chi connectivity index (χ3v) is 4.01. The van der Waals surface area contributed by atoms with Crippen LogP contribution in [0.5, 0.6) is 11.5 Å². The van der Waals surface area contributed by atoms with Gasteiger partial charge in [0.1, 0.15) is 0 Å². The van der Waals surface area contributed by atoms with E-state index in [1.165, 1.54) is 0 Å². The van der Waals surface area contributed by atoms with Crippen LogP contribution in [0, 0.1) is 6.92 Å². The molecule has 102 valence electrons. The van der Waals surface area contributed by atoms with Crippen molar-refractivity contribution >= 4 is 5.97 Å². The largest absolute Gasteiger partial charge is 0.490 e. The summed E-state index contributed by atoms with van der Waals surface area (Å²) in [5.74, 6) is 0.809. The number of rotatable bonds is 3. The van der Waals surface area contributed by atoms with Crippen molar-refractivity contribution in [3.8, 4) is 11.5 Å². The minimum atomic E-state index is -0.732. The van der Waals surface area contributed by atoms with Crippen molar-refractivity contribution in [2.75, 3.05) is 13.2 Å². The number of hydrogen-bond donors (Lipinski definition) is 1. The van der Waals surface area contributed by atoms with Crippen LogP contribution in [0.2, 0.25) is 0 Å². The molecule has 0 aromatic heterocycles. The highest BCUT2D eigenvalue weighted by Gasteiger charge is 2.47. The van der Waals surface area contributed by atoms with Crippen LogP contribution in [0.4, 0.5) is 0 Å². The highest BCUT2D eigenvalue weighted by atomic mass is 16.5. The number of carboxylic acids is 1. The van der Waals surface area contributed by atoms with Crippen molar-refractivity contribution in [3.63, 3.8) is 0 Å². The summed E-state index contributed by atoms with van der Waals surface area (Å²) >= 11 is 0. The SMILES string of the molecule is Cc1cc2c(cc1C1(CC(=O)O)CC1)OCCCO2. The number of carboxylic acid groups (broad SMARTS) is 1. The summed E-state index contributed by atoms with van der Waals surface area (Å²) in [4.78, 5) is 11.0. The van der Waals surface area contributed by atoms with Gasteiger partial charge in [-0.05, 0) is 43.0 Å². The van der Waals surface area contributed by atoms with Crippen molar-refractivity contribution < 1.29 is 19.4 Å². The Bertz CT molecular complexity index is 517. The first-order valence-electron chi connectivity index (χ1n) is 6.73. The molecule has 1 aromatic rings. The highest BCUT2D eigenvalue weighted by Crippen LogP contribution is 2.53. The van der Waals surface area contributed by atoms with E-state index in [-0.39, 0.29) is 11.8 Å². The third-order valence-electron chi connectivity index (χ3n) is 4.01. The number of fused-ring (bicyclic) bond motifs is 1.